The summed E-state index contributed by atoms with van der Waals surface area (Å²) in [6.07, 6.45) is 0. The Hall–Kier alpha value is -2.64. The summed E-state index contributed by atoms with van der Waals surface area (Å²) in [5.41, 5.74) is 4.54. The molecule has 0 bridgehead atoms. The second kappa shape index (κ2) is 8.24. The van der Waals surface area contributed by atoms with Gasteiger partial charge in [0.1, 0.15) is 0 Å². The van der Waals surface area contributed by atoms with Crippen LogP contribution in [0.25, 0.3) is 11.0 Å². The van der Waals surface area contributed by atoms with Crippen LogP contribution >= 0.6 is 11.6 Å². The van der Waals surface area contributed by atoms with Gasteiger partial charge in [0.15, 0.2) is 5.65 Å². The van der Waals surface area contributed by atoms with Crippen molar-refractivity contribution in [2.45, 2.75) is 26.7 Å². The topological polar surface area (TPSA) is 72.3 Å². The van der Waals surface area contributed by atoms with E-state index in [0.717, 1.165) is 35.6 Å². The quantitative estimate of drug-likeness (QED) is 0.677. The van der Waals surface area contributed by atoms with Crippen molar-refractivity contribution in [2.24, 2.45) is 7.05 Å². The van der Waals surface area contributed by atoms with E-state index < -0.39 is 0 Å². The molecule has 1 N–H and O–H groups in total. The first-order valence-electron chi connectivity index (χ1n) is 10.1. The van der Waals surface area contributed by atoms with E-state index in [1.54, 1.807) is 10.7 Å². The highest BCUT2D eigenvalue weighted by Crippen LogP contribution is 2.32. The summed E-state index contributed by atoms with van der Waals surface area (Å²) in [4.78, 5) is 20.4. The Bertz CT molecular complexity index is 1100. The maximum atomic E-state index is 13.4. The SMILES string of the molecule is Cc1nn(C)c2nc(C(C)C)cc(C(=O)Nc3cc(Cl)ccc3N3CCOCC3)c12. The average Bonchev–Trinajstić information content (AvgIpc) is 3.02. The standard InChI is InChI=1S/C22H26ClN5O2/c1-13(2)17-12-16(20-14(3)26-27(4)21(20)24-17)22(29)25-18-11-15(23)5-6-19(18)28-7-9-30-10-8-28/h5-6,11-13H,7-10H2,1-4H3,(H,25,29). The van der Waals surface area contributed by atoms with Crippen molar-refractivity contribution in [3.8, 4) is 0 Å². The van der Waals surface area contributed by atoms with Gasteiger partial charge in [-0.25, -0.2) is 4.98 Å². The van der Waals surface area contributed by atoms with Crippen LogP contribution in [-0.2, 0) is 11.8 Å². The second-order valence-electron chi connectivity index (χ2n) is 7.87. The molecule has 3 aromatic rings. The Labute approximate surface area is 181 Å². The minimum absolute atomic E-state index is 0.186. The highest BCUT2D eigenvalue weighted by Gasteiger charge is 2.22. The van der Waals surface area contributed by atoms with Crippen molar-refractivity contribution in [2.75, 3.05) is 36.5 Å². The Kier molecular flexibility index (Phi) is 5.66. The van der Waals surface area contributed by atoms with E-state index in [-0.39, 0.29) is 11.8 Å². The number of nitrogens with zero attached hydrogens (tertiary/aromatic N) is 4. The highest BCUT2D eigenvalue weighted by molar-refractivity contribution is 6.31. The van der Waals surface area contributed by atoms with Crippen LogP contribution in [0.3, 0.4) is 0 Å². The second-order valence-corrected chi connectivity index (χ2v) is 8.31. The molecular weight excluding hydrogens is 402 g/mol. The van der Waals surface area contributed by atoms with Crippen LogP contribution < -0.4 is 10.2 Å². The monoisotopic (exact) mass is 427 g/mol. The summed E-state index contributed by atoms with van der Waals surface area (Å²) in [5.74, 6) is -0.0107. The average molecular weight is 428 g/mol. The number of hydrogen-bond acceptors (Lipinski definition) is 5. The molecule has 0 spiro atoms. The fourth-order valence-electron chi connectivity index (χ4n) is 3.82. The molecule has 0 atom stereocenters. The van der Waals surface area contributed by atoms with E-state index in [1.165, 1.54) is 0 Å². The Balaban J connectivity index is 1.76. The third-order valence-corrected chi connectivity index (χ3v) is 5.62. The van der Waals surface area contributed by atoms with E-state index in [1.807, 2.05) is 32.2 Å². The van der Waals surface area contributed by atoms with Gasteiger partial charge >= 0.3 is 0 Å². The molecule has 1 amide bonds. The lowest BCUT2D eigenvalue weighted by molar-refractivity contribution is 0.102. The molecule has 30 heavy (non-hydrogen) atoms. The molecule has 8 heteroatoms. The van der Waals surface area contributed by atoms with E-state index >= 15 is 0 Å². The van der Waals surface area contributed by atoms with Gasteiger partial charge in [-0.15, -0.1) is 0 Å². The number of carbonyl (C=O) groups excluding carboxylic acids is 1. The molecule has 1 aromatic carbocycles. The molecule has 2 aromatic heterocycles. The number of pyridine rings is 1. The number of rotatable bonds is 4. The van der Waals surface area contributed by atoms with E-state index in [0.29, 0.717) is 35.1 Å². The zero-order chi connectivity index (χ0) is 21.4. The maximum absolute atomic E-state index is 13.4. The van der Waals surface area contributed by atoms with Gasteiger partial charge in [0.05, 0.1) is 41.2 Å². The normalized spacial score (nSPS) is 14.5. The van der Waals surface area contributed by atoms with Crippen LogP contribution in [-0.4, -0.2) is 47.0 Å². The number of aromatic nitrogens is 3. The third kappa shape index (κ3) is 3.87. The summed E-state index contributed by atoms with van der Waals surface area (Å²) >= 11 is 6.26. The van der Waals surface area contributed by atoms with Crippen LogP contribution in [0.1, 0.15) is 41.5 Å². The lowest BCUT2D eigenvalue weighted by Crippen LogP contribution is -2.36. The van der Waals surface area contributed by atoms with Crippen molar-refractivity contribution < 1.29 is 9.53 Å². The van der Waals surface area contributed by atoms with Crippen molar-refractivity contribution in [3.63, 3.8) is 0 Å². The Morgan fingerprint density at radius 2 is 1.97 bits per heavy atom. The molecule has 0 unspecified atom stereocenters. The maximum Gasteiger partial charge on any atom is 0.256 e. The first-order chi connectivity index (χ1) is 14.3. The van der Waals surface area contributed by atoms with E-state index in [2.05, 4.69) is 29.2 Å². The number of aryl methyl sites for hydroxylation is 2. The van der Waals surface area contributed by atoms with Gasteiger partial charge in [-0.2, -0.15) is 5.10 Å². The fourth-order valence-corrected chi connectivity index (χ4v) is 3.99. The smallest absolute Gasteiger partial charge is 0.256 e. The Morgan fingerprint density at radius 3 is 2.67 bits per heavy atom. The largest absolute Gasteiger partial charge is 0.378 e. The summed E-state index contributed by atoms with van der Waals surface area (Å²) in [6, 6.07) is 7.45. The number of amides is 1. The fraction of sp³-hybridized carbons (Fsp3) is 0.409. The number of morpholine rings is 1. The molecule has 7 nitrogen and oxygen atoms in total. The number of anilines is 2. The van der Waals surface area contributed by atoms with Crippen LogP contribution in [0.5, 0.6) is 0 Å². The van der Waals surface area contributed by atoms with Crippen molar-refractivity contribution in [3.05, 3.63) is 46.2 Å². The van der Waals surface area contributed by atoms with Crippen LogP contribution in [0.15, 0.2) is 24.3 Å². The van der Waals surface area contributed by atoms with Crippen molar-refractivity contribution in [1.82, 2.24) is 14.8 Å². The molecule has 1 aliphatic heterocycles. The molecule has 0 saturated carbocycles. The predicted molar refractivity (Wildman–Crippen MR) is 120 cm³/mol. The van der Waals surface area contributed by atoms with Gasteiger partial charge in [0, 0.05) is 30.9 Å². The zero-order valence-electron chi connectivity index (χ0n) is 17.7. The van der Waals surface area contributed by atoms with Gasteiger partial charge in [-0.1, -0.05) is 25.4 Å². The third-order valence-electron chi connectivity index (χ3n) is 5.38. The molecule has 4 rings (SSSR count). The molecule has 1 saturated heterocycles. The number of benzene rings is 1. The lowest BCUT2D eigenvalue weighted by Gasteiger charge is -2.30. The molecule has 0 radical (unpaired) electrons. The first kappa shape index (κ1) is 20.6. The lowest BCUT2D eigenvalue weighted by atomic mass is 10.0. The predicted octanol–water partition coefficient (Wildman–Crippen LogP) is 4.14. The van der Waals surface area contributed by atoms with Crippen LogP contribution in [0.2, 0.25) is 5.02 Å². The number of fused-ring (bicyclic) bond motifs is 1. The minimum atomic E-state index is -0.197. The number of ether oxygens (including phenoxy) is 1. The van der Waals surface area contributed by atoms with Crippen molar-refractivity contribution in [1.29, 1.82) is 0 Å². The van der Waals surface area contributed by atoms with Gasteiger partial charge in [-0.3, -0.25) is 9.48 Å². The molecule has 1 fully saturated rings. The van der Waals surface area contributed by atoms with Crippen molar-refractivity contribution >= 4 is 39.9 Å². The highest BCUT2D eigenvalue weighted by atomic mass is 35.5. The first-order valence-corrected chi connectivity index (χ1v) is 10.5. The summed E-state index contributed by atoms with van der Waals surface area (Å²) < 4.78 is 7.19. The Morgan fingerprint density at radius 1 is 1.23 bits per heavy atom. The summed E-state index contributed by atoms with van der Waals surface area (Å²) in [5, 5.41) is 8.91. The minimum Gasteiger partial charge on any atom is -0.378 e. The van der Waals surface area contributed by atoms with Gasteiger partial charge in [-0.05, 0) is 37.1 Å². The molecule has 0 aliphatic carbocycles. The molecule has 3 heterocycles. The van der Waals surface area contributed by atoms with Crippen LogP contribution in [0, 0.1) is 6.92 Å². The zero-order valence-corrected chi connectivity index (χ0v) is 18.5. The van der Waals surface area contributed by atoms with E-state index in [4.69, 9.17) is 21.3 Å². The summed E-state index contributed by atoms with van der Waals surface area (Å²) in [7, 11) is 1.85. The van der Waals surface area contributed by atoms with Crippen LogP contribution in [0.4, 0.5) is 11.4 Å². The van der Waals surface area contributed by atoms with E-state index in [9.17, 15) is 4.79 Å². The molecule has 158 valence electrons. The number of halogens is 1. The molecular formula is C22H26ClN5O2. The van der Waals surface area contributed by atoms with Gasteiger partial charge in [0.2, 0.25) is 0 Å². The summed E-state index contributed by atoms with van der Waals surface area (Å²) in [6.45, 7) is 8.88. The van der Waals surface area contributed by atoms with Gasteiger partial charge in [0.25, 0.3) is 5.91 Å². The number of nitrogens with one attached hydrogen (secondary N) is 1. The number of carbonyl (C=O) groups is 1. The molecule has 1 aliphatic rings. The van der Waals surface area contributed by atoms with Gasteiger partial charge < -0.3 is 15.0 Å². The number of hydrogen-bond donors (Lipinski definition) is 1.